The molecule has 0 aromatic carbocycles. The molecule has 152 valence electrons. The number of carbonyl (C=O) groups is 2. The number of hydrogen-bond acceptors (Lipinski definition) is 3. The minimum atomic E-state index is -0.338. The molecule has 0 rings (SSSR count). The summed E-state index contributed by atoms with van der Waals surface area (Å²) in [5, 5.41) is 0. The van der Waals surface area contributed by atoms with Crippen molar-refractivity contribution in [2.24, 2.45) is 0 Å². The number of rotatable bonds is 18. The van der Waals surface area contributed by atoms with E-state index in [0.717, 1.165) is 25.7 Å². The number of esters is 2. The van der Waals surface area contributed by atoms with Gasteiger partial charge in [-0.15, -0.1) is 0 Å². The number of unbranched alkanes of at least 4 members (excludes halogenated alkanes) is 14. The van der Waals surface area contributed by atoms with Crippen LogP contribution < -0.4 is 59.1 Å². The molecule has 0 aromatic heterocycles. The standard InChI is InChI=1S/C22H42O3.2Na.2H/c1-3-5-7-9-11-12-14-16-18-20-22(24)25-21(23)19-17-15-13-10-8-6-4-2;;;;/h3-20H2,1-2H3;;;;/q;2*+1;2*-1. The van der Waals surface area contributed by atoms with Gasteiger partial charge in [0, 0.05) is 12.8 Å². The summed E-state index contributed by atoms with van der Waals surface area (Å²) in [4.78, 5) is 23.2. The van der Waals surface area contributed by atoms with Gasteiger partial charge in [-0.1, -0.05) is 104 Å². The quantitative estimate of drug-likeness (QED) is 0.150. The van der Waals surface area contributed by atoms with Crippen molar-refractivity contribution >= 4 is 11.9 Å². The summed E-state index contributed by atoms with van der Waals surface area (Å²) in [7, 11) is 0. The van der Waals surface area contributed by atoms with E-state index in [2.05, 4.69) is 13.8 Å². The topological polar surface area (TPSA) is 43.4 Å². The van der Waals surface area contributed by atoms with Crippen molar-refractivity contribution in [3.05, 3.63) is 0 Å². The van der Waals surface area contributed by atoms with Crippen LogP contribution in [0.15, 0.2) is 0 Å². The Hall–Kier alpha value is 1.14. The second-order valence-corrected chi connectivity index (χ2v) is 7.30. The second kappa shape index (κ2) is 27.1. The van der Waals surface area contributed by atoms with Crippen LogP contribution >= 0.6 is 0 Å². The molecule has 0 saturated carbocycles. The summed E-state index contributed by atoms with van der Waals surface area (Å²) >= 11 is 0. The summed E-state index contributed by atoms with van der Waals surface area (Å²) in [6.07, 6.45) is 19.9. The molecule has 0 spiro atoms. The molecule has 0 amide bonds. The third kappa shape index (κ3) is 27.1. The van der Waals surface area contributed by atoms with Gasteiger partial charge in [-0.2, -0.15) is 0 Å². The van der Waals surface area contributed by atoms with E-state index in [4.69, 9.17) is 4.74 Å². The summed E-state index contributed by atoms with van der Waals surface area (Å²) in [5.74, 6) is -0.676. The van der Waals surface area contributed by atoms with Crippen molar-refractivity contribution in [1.29, 1.82) is 0 Å². The van der Waals surface area contributed by atoms with Gasteiger partial charge in [0.2, 0.25) is 0 Å². The molecule has 0 radical (unpaired) electrons. The Kier molecular flexibility index (Phi) is 33.0. The first-order chi connectivity index (χ1) is 12.2. The molecule has 0 atom stereocenters. The Balaban J connectivity index is -0.000000480. The van der Waals surface area contributed by atoms with Gasteiger partial charge in [0.25, 0.3) is 0 Å². The van der Waals surface area contributed by atoms with E-state index < -0.39 is 0 Å². The molecule has 0 fully saturated rings. The largest absolute Gasteiger partial charge is 1.00 e. The molecule has 0 N–H and O–H groups in total. The predicted octanol–water partition coefficient (Wildman–Crippen LogP) is 1.35. The molecular weight excluding hydrogens is 358 g/mol. The average molecular weight is 403 g/mol. The summed E-state index contributed by atoms with van der Waals surface area (Å²) in [6, 6.07) is 0. The van der Waals surface area contributed by atoms with E-state index in [0.29, 0.717) is 12.8 Å². The van der Waals surface area contributed by atoms with Gasteiger partial charge >= 0.3 is 71.1 Å². The van der Waals surface area contributed by atoms with Gasteiger partial charge in [-0.25, -0.2) is 0 Å². The SMILES string of the molecule is CCCCCCCCCCCC(=O)OC(=O)CCCCCCCCC.[H-].[H-].[Na+].[Na+]. The summed E-state index contributed by atoms with van der Waals surface area (Å²) in [6.45, 7) is 4.44. The number of ether oxygens (including phenoxy) is 1. The van der Waals surface area contributed by atoms with Gasteiger partial charge < -0.3 is 7.59 Å². The van der Waals surface area contributed by atoms with Crippen molar-refractivity contribution < 1.29 is 76.3 Å². The third-order valence-electron chi connectivity index (χ3n) is 4.70. The maximum absolute atomic E-state index is 11.6. The van der Waals surface area contributed by atoms with E-state index in [1.165, 1.54) is 77.0 Å². The van der Waals surface area contributed by atoms with E-state index in [1.54, 1.807) is 0 Å². The molecule has 0 aliphatic carbocycles. The predicted molar refractivity (Wildman–Crippen MR) is 108 cm³/mol. The van der Waals surface area contributed by atoms with Crippen LogP contribution in [-0.2, 0) is 14.3 Å². The van der Waals surface area contributed by atoms with E-state index in [9.17, 15) is 9.59 Å². The Morgan fingerprint density at radius 3 is 1.07 bits per heavy atom. The first kappa shape index (κ1) is 32.8. The molecule has 5 heteroatoms. The Labute approximate surface area is 216 Å². The van der Waals surface area contributed by atoms with Crippen molar-refractivity contribution in [2.75, 3.05) is 0 Å². The zero-order valence-electron chi connectivity index (χ0n) is 21.0. The smallest absolute Gasteiger partial charge is 1.00 e. The molecule has 3 nitrogen and oxygen atoms in total. The van der Waals surface area contributed by atoms with Crippen molar-refractivity contribution in [3.8, 4) is 0 Å². The second-order valence-electron chi connectivity index (χ2n) is 7.30. The van der Waals surface area contributed by atoms with E-state index in [-0.39, 0.29) is 73.9 Å². The number of carbonyl (C=O) groups excluding carboxylic acids is 2. The minimum absolute atomic E-state index is 0. The van der Waals surface area contributed by atoms with Crippen molar-refractivity contribution in [2.45, 2.75) is 129 Å². The monoisotopic (exact) mass is 402 g/mol. The van der Waals surface area contributed by atoms with Gasteiger partial charge in [0.05, 0.1) is 0 Å². The van der Waals surface area contributed by atoms with Crippen molar-refractivity contribution in [3.63, 3.8) is 0 Å². The molecule has 27 heavy (non-hydrogen) atoms. The maximum Gasteiger partial charge on any atom is 1.00 e. The first-order valence-electron chi connectivity index (χ1n) is 10.9. The van der Waals surface area contributed by atoms with E-state index in [1.807, 2.05) is 0 Å². The van der Waals surface area contributed by atoms with Crippen LogP contribution in [0.5, 0.6) is 0 Å². The Morgan fingerprint density at radius 1 is 0.519 bits per heavy atom. The zero-order valence-corrected chi connectivity index (χ0v) is 23.0. The molecular formula is C22H44Na2O3. The van der Waals surface area contributed by atoms with Crippen LogP contribution in [0, 0.1) is 0 Å². The molecule has 0 unspecified atom stereocenters. The fourth-order valence-corrected chi connectivity index (χ4v) is 3.04. The summed E-state index contributed by atoms with van der Waals surface area (Å²) in [5.41, 5.74) is 0. The van der Waals surface area contributed by atoms with Crippen LogP contribution in [0.2, 0.25) is 0 Å². The molecule has 0 bridgehead atoms. The van der Waals surface area contributed by atoms with Crippen LogP contribution in [0.25, 0.3) is 0 Å². The number of hydrogen-bond donors (Lipinski definition) is 0. The molecule has 0 heterocycles. The van der Waals surface area contributed by atoms with Crippen LogP contribution in [0.1, 0.15) is 132 Å². The fraction of sp³-hybridized carbons (Fsp3) is 0.909. The average Bonchev–Trinajstić information content (AvgIpc) is 2.59. The van der Waals surface area contributed by atoms with Crippen LogP contribution in [0.4, 0.5) is 0 Å². The summed E-state index contributed by atoms with van der Waals surface area (Å²) < 4.78 is 4.89. The van der Waals surface area contributed by atoms with Gasteiger partial charge in [-0.05, 0) is 12.8 Å². The molecule has 0 saturated heterocycles. The minimum Gasteiger partial charge on any atom is -1.00 e. The zero-order chi connectivity index (χ0) is 18.6. The molecule has 0 aliphatic heterocycles. The van der Waals surface area contributed by atoms with Crippen LogP contribution in [-0.4, -0.2) is 11.9 Å². The fourth-order valence-electron chi connectivity index (χ4n) is 3.04. The van der Waals surface area contributed by atoms with Gasteiger partial charge in [0.1, 0.15) is 0 Å². The van der Waals surface area contributed by atoms with Gasteiger partial charge in [0.15, 0.2) is 0 Å². The Morgan fingerprint density at radius 2 is 0.778 bits per heavy atom. The normalized spacial score (nSPS) is 10.0. The van der Waals surface area contributed by atoms with E-state index >= 15 is 0 Å². The van der Waals surface area contributed by atoms with Crippen molar-refractivity contribution in [1.82, 2.24) is 0 Å². The first-order valence-corrected chi connectivity index (χ1v) is 10.9. The molecule has 0 aromatic rings. The third-order valence-corrected chi connectivity index (χ3v) is 4.70. The molecule has 0 aliphatic rings. The Bertz CT molecular complexity index is 333. The maximum atomic E-state index is 11.6. The van der Waals surface area contributed by atoms with Crippen LogP contribution in [0.3, 0.4) is 0 Å². The van der Waals surface area contributed by atoms with Gasteiger partial charge in [-0.3, -0.25) is 9.59 Å².